The van der Waals surface area contributed by atoms with Gasteiger partial charge in [-0.3, -0.25) is 33.6 Å². The zero-order valence-corrected chi connectivity index (χ0v) is 89.6. The van der Waals surface area contributed by atoms with E-state index in [1.54, 1.807) is 54.3 Å². The molecule has 7 amide bonds. The number of nitrogens with zero attached hydrogens (tertiary/aromatic N) is 5. The number of pyridine rings is 2. The fraction of sp³-hybridized carbons (Fsp3) is 0.584. The first kappa shape index (κ1) is 109. The molecule has 32 nitrogen and oxygen atoms in total. The Kier molecular flexibility index (Phi) is 33.9. The van der Waals surface area contributed by atoms with Gasteiger partial charge in [0, 0.05) is 64.9 Å². The lowest BCUT2D eigenvalue weighted by molar-refractivity contribution is -0.125. The largest absolute Gasteiger partial charge is 0.491 e. The van der Waals surface area contributed by atoms with Crippen LogP contribution in [0.5, 0.6) is 34.8 Å². The first-order valence-corrected chi connectivity index (χ1v) is 53.1. The van der Waals surface area contributed by atoms with Crippen molar-refractivity contribution in [3.05, 3.63) is 197 Å². The Hall–Kier alpha value is -11.2. The van der Waals surface area contributed by atoms with E-state index in [2.05, 4.69) is 94.5 Å². The minimum atomic E-state index is -0.524. The highest BCUT2D eigenvalue weighted by Gasteiger charge is 2.63. The van der Waals surface area contributed by atoms with Crippen LogP contribution in [0.1, 0.15) is 125 Å². The first-order valence-electron chi connectivity index (χ1n) is 52.7. The number of hydrogen-bond donors (Lipinski definition) is 14. The van der Waals surface area contributed by atoms with Crippen molar-refractivity contribution < 1.29 is 70.8 Å². The molecule has 7 saturated heterocycles. The van der Waals surface area contributed by atoms with E-state index in [0.29, 0.717) is 144 Å². The Bertz CT molecular complexity index is 5570. The van der Waals surface area contributed by atoms with Crippen LogP contribution in [-0.2, 0) is 39.1 Å². The van der Waals surface area contributed by atoms with Gasteiger partial charge in [0.05, 0.1) is 61.9 Å². The number of amides is 7. The number of imidazole rings is 1. The second-order valence-electron chi connectivity index (χ2n) is 47.4. The fourth-order valence-corrected chi connectivity index (χ4v) is 22.7. The summed E-state index contributed by atoms with van der Waals surface area (Å²) in [5.41, 5.74) is 2.59. The highest BCUT2D eigenvalue weighted by Crippen LogP contribution is 2.54. The molecule has 22 rings (SSSR count). The summed E-state index contributed by atoms with van der Waals surface area (Å²) in [5, 5.41) is 49.8. The number of rotatable bonds is 33. The van der Waals surface area contributed by atoms with E-state index in [1.807, 2.05) is 209 Å². The maximum Gasteiger partial charge on any atom is 0.224 e. The number of carbonyl (C=O) groups is 7. The summed E-state index contributed by atoms with van der Waals surface area (Å²) in [6.07, 6.45) is 6.36. The Labute approximate surface area is 873 Å². The van der Waals surface area contributed by atoms with Gasteiger partial charge < -0.3 is 103 Å². The predicted octanol–water partition coefficient (Wildman–Crippen LogP) is 10.1. The highest BCUT2D eigenvalue weighted by atomic mass is 35.5. The van der Waals surface area contributed by atoms with E-state index in [1.165, 1.54) is 17.7 Å². The van der Waals surface area contributed by atoms with E-state index >= 15 is 0 Å². The SMILES string of the molecule is CC(C)(COc1ccccc1Cl)NC(=O)C1[C@H]2CNC[C@@H]12.CC(C)(COc1ccccc1F)NC(=O)C1[C@H]2CNC[C@@H]12.CC(C)(NC(=O)C1[C@H]2CNC[C@@H]12)c1cnc2cccnn12.Cc1cc(F)cnc1OCC(C)(C)NC(=O)C1[C@H]2CNC[C@@H]12.Cc1cccc(OCC(C)(C)NC(=O)C2[C@H]3CNC[C@@H]23)c1.Cc1ccccc1OCC(C)(C)NC(=O)C1[C@H]2CNC[C@@H]12.Cc1cccnc1OCC(C)(C)NC(=O)C1[C@H]2CNC[C@@H]12. The standard InChI is InChI=1S/2C17H24N2O2.C16H21ClN2O2.C16H22FN3O2.C16H21FN2O2.C16H23N3O2.C15H19N5O/c1-11-5-4-6-12(7-11)21-10-17(2,3)19-16(20)15-13-8-18-9-14(13)15;1-11-6-4-5-7-14(11)21-10-17(2,3)19-16(20)15-12-8-18-9-13(12)15;1-16(2,9-21-13-6-4-3-5-12(13)17)19-15(20)14-10-7-18-8-11(10)14;1-9-4-10(17)5-19-15(9)22-8-16(2,3)20-14(21)13-11-6-18-7-12(11)13;1-16(2,9-21-13-6-4-3-5-12(13)17)19-15(20)14-10-7-18-8-11(10)14;1-10-5-4-6-18-15(10)21-9-16(2,3)19-14(20)13-11-7-17-8-12(11)13;1-15(2,11-8-17-12-4-3-5-18-20(11)12)19-14(21)13-9-6-16-7-10(9)13/h4-7,13-15,18H,8-10H2,1-3H3,(H,19,20);4-7,12-13,15,18H,8-10H2,1-3H3,(H,19,20);3-6,10-11,14,18H,7-9H2,1-2H3,(H,19,20);4-5,11-13,18H,6-8H2,1-3H3,(H,20,21);3-6,10-11,14,18H,7-9H2,1-2H3,(H,19,20);4-6,11-13,17H,7-9H2,1-3H3,(H,19,20);3-5,8-10,13,16H,6-7H2,1-2H3,(H,19,21)/t13-,14+,15?;12-,13+,15?;10-,11+,14?;11-,12+,13?;10-,11+,14?;11-,12+,13?;9-,10+,13?. The number of halogens is 3. The van der Waals surface area contributed by atoms with Crippen molar-refractivity contribution in [3.8, 4) is 34.8 Å². The maximum absolute atomic E-state index is 13.5. The van der Waals surface area contributed by atoms with E-state index in [0.717, 1.165) is 132 Å². The number of nitrogens with one attached hydrogen (secondary N) is 14. The smallest absolute Gasteiger partial charge is 0.224 e. The number of para-hydroxylation sites is 3. The van der Waals surface area contributed by atoms with Gasteiger partial charge in [0.2, 0.25) is 53.1 Å². The quantitative estimate of drug-likeness (QED) is 0.0182. The monoisotopic (exact) mass is 2060 g/mol. The van der Waals surface area contributed by atoms with Gasteiger partial charge in [0.25, 0.3) is 0 Å². The lowest BCUT2D eigenvalue weighted by atomic mass is 10.0. The van der Waals surface area contributed by atoms with Gasteiger partial charge >= 0.3 is 0 Å². The van der Waals surface area contributed by atoms with Crippen LogP contribution >= 0.6 is 11.6 Å². The van der Waals surface area contributed by atoms with Crippen LogP contribution < -0.4 is 103 Å². The van der Waals surface area contributed by atoms with Gasteiger partial charge in [-0.1, -0.05) is 72.3 Å². The number of hydrogen-bond acceptors (Lipinski definition) is 24. The zero-order chi connectivity index (χ0) is 106. The molecule has 4 aromatic carbocycles. The summed E-state index contributed by atoms with van der Waals surface area (Å²) in [6, 6.07) is 38.6. The number of ether oxygens (including phenoxy) is 6. The van der Waals surface area contributed by atoms with Crippen molar-refractivity contribution in [1.82, 2.24) is 99.0 Å². The van der Waals surface area contributed by atoms with Crippen molar-refractivity contribution in [3.63, 3.8) is 0 Å². The Morgan fingerprint density at radius 2 is 0.655 bits per heavy atom. The minimum Gasteiger partial charge on any atom is -0.491 e. The van der Waals surface area contributed by atoms with E-state index in [9.17, 15) is 42.3 Å². The molecule has 7 saturated carbocycles. The fourth-order valence-electron chi connectivity index (χ4n) is 22.5. The van der Waals surface area contributed by atoms with Crippen LogP contribution in [0.25, 0.3) is 5.65 Å². The van der Waals surface area contributed by atoms with Crippen LogP contribution in [-0.4, -0.2) is 230 Å². The molecule has 0 spiro atoms. The van der Waals surface area contributed by atoms with Crippen molar-refractivity contribution in [2.24, 2.45) is 124 Å². The summed E-state index contributed by atoms with van der Waals surface area (Å²) in [7, 11) is 0. The summed E-state index contributed by atoms with van der Waals surface area (Å²) >= 11 is 6.06. The molecule has 7 unspecified atom stereocenters. The number of benzene rings is 4. The summed E-state index contributed by atoms with van der Waals surface area (Å²) in [4.78, 5) is 98.7. The Balaban J connectivity index is 0.000000123. The number of fused-ring (bicyclic) bond motifs is 8. The predicted molar refractivity (Wildman–Crippen MR) is 562 cm³/mol. The number of carbonyl (C=O) groups excluding carboxylic acids is 7. The van der Waals surface area contributed by atoms with Gasteiger partial charge in [0.15, 0.2) is 17.2 Å². The van der Waals surface area contributed by atoms with Crippen LogP contribution in [0.4, 0.5) is 8.78 Å². The molecule has 11 heterocycles. The molecule has 7 aliphatic carbocycles. The molecule has 0 bridgehead atoms. The zero-order valence-electron chi connectivity index (χ0n) is 88.9. The van der Waals surface area contributed by atoms with Gasteiger partial charge in [-0.15, -0.1) is 0 Å². The molecule has 8 aromatic rings. The van der Waals surface area contributed by atoms with Crippen molar-refractivity contribution >= 4 is 58.6 Å². The average Bonchev–Trinajstić information content (AvgIpc) is 1.62. The number of aryl methyl sites for hydroxylation is 4. The number of aromatic nitrogens is 5. The van der Waals surface area contributed by atoms with Crippen LogP contribution in [0, 0.1) is 164 Å². The molecule has 0 radical (unpaired) electrons. The molecule has 4 aromatic heterocycles. The van der Waals surface area contributed by atoms with Gasteiger partial charge in [-0.25, -0.2) is 28.2 Å². The molecular formula is C113H154ClF2N19O13. The van der Waals surface area contributed by atoms with Crippen LogP contribution in [0.2, 0.25) is 5.02 Å². The van der Waals surface area contributed by atoms with E-state index in [4.69, 9.17) is 40.0 Å². The third-order valence-corrected chi connectivity index (χ3v) is 31.4. The van der Waals surface area contributed by atoms with Crippen molar-refractivity contribution in [2.75, 3.05) is 131 Å². The minimum absolute atomic E-state index is 0.0913. The first-order chi connectivity index (χ1) is 70.3. The highest BCUT2D eigenvalue weighted by molar-refractivity contribution is 6.32. The maximum atomic E-state index is 13.5. The average molecular weight is 2060 g/mol. The van der Waals surface area contributed by atoms with Crippen molar-refractivity contribution in [1.29, 1.82) is 0 Å². The lowest BCUT2D eigenvalue weighted by Gasteiger charge is -2.27. The second-order valence-corrected chi connectivity index (χ2v) is 47.9. The van der Waals surface area contributed by atoms with Gasteiger partial charge in [0.1, 0.15) is 62.7 Å². The Morgan fingerprint density at radius 1 is 0.331 bits per heavy atom. The molecule has 21 atom stereocenters. The lowest BCUT2D eigenvalue weighted by Crippen LogP contribution is -2.49. The molecule has 800 valence electrons. The molecule has 14 fully saturated rings. The molecule has 35 heteroatoms. The van der Waals surface area contributed by atoms with Gasteiger partial charge in [-0.05, 0) is 377 Å². The number of piperidine rings is 7. The summed E-state index contributed by atoms with van der Waals surface area (Å²) in [5.74, 6) is 12.6. The van der Waals surface area contributed by atoms with Crippen LogP contribution in [0.3, 0.4) is 0 Å². The molecule has 14 aliphatic rings. The molecule has 7 aliphatic heterocycles. The van der Waals surface area contributed by atoms with Crippen LogP contribution in [0.15, 0.2) is 152 Å². The van der Waals surface area contributed by atoms with Gasteiger partial charge in [-0.2, -0.15) is 5.10 Å². The van der Waals surface area contributed by atoms with E-state index < -0.39 is 27.7 Å². The third-order valence-electron chi connectivity index (χ3n) is 31.1. The Morgan fingerprint density at radius 3 is 1.03 bits per heavy atom. The summed E-state index contributed by atoms with van der Waals surface area (Å²) < 4.78 is 62.6. The molecule has 14 N–H and O–H groups in total. The second kappa shape index (κ2) is 45.9. The summed E-state index contributed by atoms with van der Waals surface area (Å²) in [6.45, 7) is 51.2. The third kappa shape index (κ3) is 28.1. The molecule has 148 heavy (non-hydrogen) atoms. The van der Waals surface area contributed by atoms with E-state index in [-0.39, 0.29) is 118 Å². The van der Waals surface area contributed by atoms with Crippen molar-refractivity contribution in [2.45, 2.75) is 163 Å². The topological polar surface area (TPSA) is 399 Å². The molecular weight excluding hydrogens is 1900 g/mol. The normalized spacial score (nSPS) is 27.1.